The third-order valence-corrected chi connectivity index (χ3v) is 5.83. The van der Waals surface area contributed by atoms with E-state index in [9.17, 15) is 13.2 Å². The van der Waals surface area contributed by atoms with Crippen LogP contribution in [0.2, 0.25) is 0 Å². The van der Waals surface area contributed by atoms with Crippen LogP contribution < -0.4 is 5.73 Å². The minimum Gasteiger partial charge on any atom is -0.369 e. The van der Waals surface area contributed by atoms with E-state index in [1.165, 1.54) is 4.31 Å². The molecule has 1 aromatic rings. The van der Waals surface area contributed by atoms with Gasteiger partial charge in [-0.05, 0) is 30.5 Å². The minimum atomic E-state index is -3.34. The first kappa shape index (κ1) is 15.5. The highest BCUT2D eigenvalue weighted by Gasteiger charge is 2.30. The van der Waals surface area contributed by atoms with Crippen LogP contribution in [0.3, 0.4) is 0 Å². The molecular formula is C13H17BrN2O3S. The molecule has 20 heavy (non-hydrogen) atoms. The van der Waals surface area contributed by atoms with E-state index in [1.807, 2.05) is 12.1 Å². The topological polar surface area (TPSA) is 80.5 Å². The lowest BCUT2D eigenvalue weighted by atomic mass is 9.98. The first-order valence-corrected chi connectivity index (χ1v) is 8.80. The van der Waals surface area contributed by atoms with Gasteiger partial charge in [0.05, 0.1) is 5.75 Å². The molecule has 0 unspecified atom stereocenters. The zero-order chi connectivity index (χ0) is 14.8. The number of amides is 1. The van der Waals surface area contributed by atoms with E-state index in [-0.39, 0.29) is 17.6 Å². The predicted molar refractivity (Wildman–Crippen MR) is 80.3 cm³/mol. The molecule has 2 N–H and O–H groups in total. The summed E-state index contributed by atoms with van der Waals surface area (Å²) in [5.41, 5.74) is 6.00. The van der Waals surface area contributed by atoms with E-state index in [0.717, 1.165) is 10.0 Å². The number of nitrogens with zero attached hydrogens (tertiary/aromatic N) is 1. The molecule has 1 amide bonds. The van der Waals surface area contributed by atoms with Gasteiger partial charge in [0.2, 0.25) is 15.9 Å². The van der Waals surface area contributed by atoms with Gasteiger partial charge in [0.15, 0.2) is 0 Å². The molecule has 5 nitrogen and oxygen atoms in total. The number of hydrogen-bond acceptors (Lipinski definition) is 3. The molecule has 0 spiro atoms. The van der Waals surface area contributed by atoms with Crippen LogP contribution >= 0.6 is 15.9 Å². The quantitative estimate of drug-likeness (QED) is 0.882. The van der Waals surface area contributed by atoms with E-state index in [2.05, 4.69) is 15.9 Å². The van der Waals surface area contributed by atoms with E-state index in [1.54, 1.807) is 12.1 Å². The van der Waals surface area contributed by atoms with E-state index >= 15 is 0 Å². The Labute approximate surface area is 127 Å². The molecule has 1 aliphatic rings. The lowest BCUT2D eigenvalue weighted by Crippen LogP contribution is -2.42. The summed E-state index contributed by atoms with van der Waals surface area (Å²) in [5.74, 6) is -0.561. The molecule has 0 radical (unpaired) electrons. The summed E-state index contributed by atoms with van der Waals surface area (Å²) in [7, 11) is -3.34. The first-order valence-electron chi connectivity index (χ1n) is 6.40. The number of halogens is 1. The summed E-state index contributed by atoms with van der Waals surface area (Å²) in [5, 5.41) is 0. The molecule has 7 heteroatoms. The molecule has 0 aromatic heterocycles. The zero-order valence-electron chi connectivity index (χ0n) is 11.0. The molecule has 1 aliphatic heterocycles. The van der Waals surface area contributed by atoms with Crippen molar-refractivity contribution in [1.82, 2.24) is 4.31 Å². The Balaban J connectivity index is 2.03. The van der Waals surface area contributed by atoms with Gasteiger partial charge in [-0.3, -0.25) is 4.79 Å². The van der Waals surface area contributed by atoms with Crippen LogP contribution in [-0.2, 0) is 20.6 Å². The fourth-order valence-corrected chi connectivity index (χ4v) is 4.34. The average Bonchev–Trinajstić information content (AvgIpc) is 2.38. The molecule has 0 saturated carbocycles. The Morgan fingerprint density at radius 1 is 1.35 bits per heavy atom. The number of benzene rings is 1. The molecule has 0 bridgehead atoms. The second-order valence-corrected chi connectivity index (χ2v) is 7.85. The van der Waals surface area contributed by atoms with Gasteiger partial charge in [0.25, 0.3) is 0 Å². The summed E-state index contributed by atoms with van der Waals surface area (Å²) in [6.45, 7) is 0.730. The van der Waals surface area contributed by atoms with Crippen molar-refractivity contribution >= 4 is 31.9 Å². The Bertz CT molecular complexity index is 595. The monoisotopic (exact) mass is 360 g/mol. The van der Waals surface area contributed by atoms with E-state index in [4.69, 9.17) is 5.73 Å². The zero-order valence-corrected chi connectivity index (χ0v) is 13.4. The van der Waals surface area contributed by atoms with Gasteiger partial charge >= 0.3 is 0 Å². The highest BCUT2D eigenvalue weighted by atomic mass is 79.9. The van der Waals surface area contributed by atoms with Crippen molar-refractivity contribution in [2.24, 2.45) is 11.7 Å². The fourth-order valence-electron chi connectivity index (χ4n) is 2.35. The van der Waals surface area contributed by atoms with Crippen LogP contribution in [0.1, 0.15) is 18.4 Å². The highest BCUT2D eigenvalue weighted by Crippen LogP contribution is 2.22. The number of hydrogen-bond donors (Lipinski definition) is 1. The Morgan fingerprint density at radius 3 is 2.55 bits per heavy atom. The smallest absolute Gasteiger partial charge is 0.220 e. The van der Waals surface area contributed by atoms with Gasteiger partial charge in [0, 0.05) is 23.5 Å². The third-order valence-electron chi connectivity index (χ3n) is 3.49. The molecule has 1 fully saturated rings. The maximum Gasteiger partial charge on any atom is 0.220 e. The summed E-state index contributed by atoms with van der Waals surface area (Å²) in [6, 6.07) is 7.26. The Morgan fingerprint density at radius 2 is 2.00 bits per heavy atom. The van der Waals surface area contributed by atoms with Crippen LogP contribution in [0, 0.1) is 5.92 Å². The summed E-state index contributed by atoms with van der Waals surface area (Å²) in [6.07, 6.45) is 1.01. The van der Waals surface area contributed by atoms with Gasteiger partial charge in [-0.2, -0.15) is 0 Å². The number of rotatable bonds is 4. The number of piperidine rings is 1. The van der Waals surface area contributed by atoms with Gasteiger partial charge < -0.3 is 5.73 Å². The summed E-state index contributed by atoms with van der Waals surface area (Å²) in [4.78, 5) is 11.1. The molecule has 1 aromatic carbocycles. The largest absolute Gasteiger partial charge is 0.369 e. The van der Waals surface area contributed by atoms with Gasteiger partial charge in [0.1, 0.15) is 0 Å². The van der Waals surface area contributed by atoms with E-state index in [0.29, 0.717) is 25.9 Å². The number of primary amides is 1. The minimum absolute atomic E-state index is 0.0202. The first-order chi connectivity index (χ1) is 9.38. The molecule has 0 aliphatic carbocycles. The van der Waals surface area contributed by atoms with E-state index < -0.39 is 10.0 Å². The van der Waals surface area contributed by atoms with Crippen LogP contribution in [0.15, 0.2) is 28.7 Å². The molecule has 2 rings (SSSR count). The highest BCUT2D eigenvalue weighted by molar-refractivity contribution is 9.10. The summed E-state index contributed by atoms with van der Waals surface area (Å²) >= 11 is 3.33. The van der Waals surface area contributed by atoms with Crippen molar-refractivity contribution in [3.63, 3.8) is 0 Å². The molecule has 110 valence electrons. The van der Waals surface area contributed by atoms with Crippen molar-refractivity contribution in [2.75, 3.05) is 13.1 Å². The van der Waals surface area contributed by atoms with Gasteiger partial charge in [-0.15, -0.1) is 0 Å². The average molecular weight is 361 g/mol. The van der Waals surface area contributed by atoms with Gasteiger partial charge in [-0.25, -0.2) is 12.7 Å². The molecule has 0 atom stereocenters. The lowest BCUT2D eigenvalue weighted by molar-refractivity contribution is -0.122. The normalized spacial score (nSPS) is 18.1. The molecular weight excluding hydrogens is 344 g/mol. The Kier molecular flexibility index (Phi) is 4.82. The standard InChI is InChI=1S/C13H17BrN2O3S/c14-12-3-1-2-10(8-12)9-20(18,19)16-6-4-11(5-7-16)13(15)17/h1-3,8,11H,4-7,9H2,(H2,15,17). The van der Waals surface area contributed by atoms with Crippen LogP contribution in [0.25, 0.3) is 0 Å². The second-order valence-electron chi connectivity index (χ2n) is 4.96. The SMILES string of the molecule is NC(=O)C1CCN(S(=O)(=O)Cc2cccc(Br)c2)CC1. The van der Waals surface area contributed by atoms with Crippen molar-refractivity contribution in [3.8, 4) is 0 Å². The van der Waals surface area contributed by atoms with Crippen LogP contribution in [-0.4, -0.2) is 31.7 Å². The maximum atomic E-state index is 12.3. The second kappa shape index (κ2) is 6.24. The third kappa shape index (κ3) is 3.80. The van der Waals surface area contributed by atoms with Gasteiger partial charge in [-0.1, -0.05) is 28.1 Å². The predicted octanol–water partition coefficient (Wildman–Crippen LogP) is 1.48. The van der Waals surface area contributed by atoms with Crippen LogP contribution in [0.4, 0.5) is 0 Å². The maximum absolute atomic E-state index is 12.3. The van der Waals surface area contributed by atoms with Crippen molar-refractivity contribution in [2.45, 2.75) is 18.6 Å². The number of carbonyl (C=O) groups excluding carboxylic acids is 1. The molecule has 1 heterocycles. The number of sulfonamides is 1. The lowest BCUT2D eigenvalue weighted by Gasteiger charge is -2.29. The molecule has 1 saturated heterocycles. The van der Waals surface area contributed by atoms with Crippen molar-refractivity contribution in [3.05, 3.63) is 34.3 Å². The number of carbonyl (C=O) groups is 1. The van der Waals surface area contributed by atoms with Crippen molar-refractivity contribution in [1.29, 1.82) is 0 Å². The number of nitrogens with two attached hydrogens (primary N) is 1. The fraction of sp³-hybridized carbons (Fsp3) is 0.462. The Hall–Kier alpha value is -0.920. The summed E-state index contributed by atoms with van der Waals surface area (Å²) < 4.78 is 27.0. The van der Waals surface area contributed by atoms with Crippen LogP contribution in [0.5, 0.6) is 0 Å². The van der Waals surface area contributed by atoms with Crippen molar-refractivity contribution < 1.29 is 13.2 Å².